The Kier molecular flexibility index (Phi) is 3.22. The minimum absolute atomic E-state index is 0.400. The Morgan fingerprint density at radius 1 is 1.05 bits per heavy atom. The van der Waals surface area contributed by atoms with Gasteiger partial charge in [-0.15, -0.1) is 0 Å². The molecule has 1 unspecified atom stereocenters. The smallest absolute Gasteiger partial charge is 0.134 e. The first-order valence-corrected chi connectivity index (χ1v) is 6.07. The molecule has 3 N–H and O–H groups in total. The topological polar surface area (TPSA) is 51.2 Å². The van der Waals surface area contributed by atoms with E-state index in [0.717, 1.165) is 17.0 Å². The number of fused-ring (bicyclic) bond motifs is 1. The van der Waals surface area contributed by atoms with E-state index in [1.165, 1.54) is 18.4 Å². The molecule has 3 aromatic rings. The third kappa shape index (κ3) is 2.17. The van der Waals surface area contributed by atoms with Gasteiger partial charge in [0, 0.05) is 17.0 Å². The summed E-state index contributed by atoms with van der Waals surface area (Å²) in [5, 5.41) is 0.847. The summed E-state index contributed by atoms with van der Waals surface area (Å²) in [7, 11) is 0. The molecule has 20 heavy (non-hydrogen) atoms. The fourth-order valence-corrected chi connectivity index (χ4v) is 2.33. The van der Waals surface area contributed by atoms with Crippen molar-refractivity contribution in [2.45, 2.75) is 6.04 Å². The van der Waals surface area contributed by atoms with Crippen molar-refractivity contribution in [1.82, 2.24) is 5.43 Å². The molecule has 0 spiro atoms. The Balaban J connectivity index is 2.14. The Hall–Kier alpha value is -2.24. The summed E-state index contributed by atoms with van der Waals surface area (Å²) in [6, 6.07) is 10.2. The number of hydrazine groups is 1. The minimum atomic E-state index is -0.645. The zero-order chi connectivity index (χ0) is 14.1. The van der Waals surface area contributed by atoms with E-state index in [1.807, 2.05) is 24.3 Å². The van der Waals surface area contributed by atoms with Gasteiger partial charge >= 0.3 is 0 Å². The molecule has 0 bridgehead atoms. The molecule has 102 valence electrons. The van der Waals surface area contributed by atoms with Crippen LogP contribution in [-0.2, 0) is 0 Å². The summed E-state index contributed by atoms with van der Waals surface area (Å²) in [6.07, 6.45) is 1.54. The predicted octanol–water partition coefficient (Wildman–Crippen LogP) is 3.26. The average molecular weight is 274 g/mol. The molecule has 1 heterocycles. The highest BCUT2D eigenvalue weighted by atomic mass is 19.1. The Morgan fingerprint density at radius 2 is 1.75 bits per heavy atom. The van der Waals surface area contributed by atoms with Gasteiger partial charge in [-0.3, -0.25) is 5.84 Å². The van der Waals surface area contributed by atoms with Crippen LogP contribution in [0.3, 0.4) is 0 Å². The van der Waals surface area contributed by atoms with Crippen molar-refractivity contribution < 1.29 is 13.2 Å². The second-order valence-electron chi connectivity index (χ2n) is 4.49. The van der Waals surface area contributed by atoms with Crippen LogP contribution in [-0.4, -0.2) is 0 Å². The number of halogens is 2. The monoisotopic (exact) mass is 274 g/mol. The van der Waals surface area contributed by atoms with Gasteiger partial charge in [0.2, 0.25) is 0 Å². The fourth-order valence-electron chi connectivity index (χ4n) is 2.33. The Bertz CT molecular complexity index is 734. The van der Waals surface area contributed by atoms with Crippen LogP contribution in [0.5, 0.6) is 0 Å². The van der Waals surface area contributed by atoms with E-state index in [-0.39, 0.29) is 0 Å². The van der Waals surface area contributed by atoms with Crippen molar-refractivity contribution in [1.29, 1.82) is 0 Å². The van der Waals surface area contributed by atoms with E-state index < -0.39 is 17.7 Å². The van der Waals surface area contributed by atoms with E-state index in [1.54, 1.807) is 0 Å². The van der Waals surface area contributed by atoms with Crippen LogP contribution < -0.4 is 11.3 Å². The van der Waals surface area contributed by atoms with Crippen LogP contribution in [0, 0.1) is 11.6 Å². The molecular weight excluding hydrogens is 262 g/mol. The lowest BCUT2D eigenvalue weighted by Crippen LogP contribution is -2.28. The van der Waals surface area contributed by atoms with E-state index in [4.69, 9.17) is 10.3 Å². The fraction of sp³-hybridized carbons (Fsp3) is 0.0667. The summed E-state index contributed by atoms with van der Waals surface area (Å²) in [6.45, 7) is 0. The maximum absolute atomic E-state index is 13.3. The van der Waals surface area contributed by atoms with Gasteiger partial charge in [0.1, 0.15) is 17.2 Å². The second-order valence-corrected chi connectivity index (χ2v) is 4.49. The molecule has 3 nitrogen and oxygen atoms in total. The van der Waals surface area contributed by atoms with Gasteiger partial charge in [0.25, 0.3) is 0 Å². The molecule has 0 aliphatic heterocycles. The lowest BCUT2D eigenvalue weighted by molar-refractivity contribution is 0.559. The summed E-state index contributed by atoms with van der Waals surface area (Å²) in [5.41, 5.74) is 4.40. The van der Waals surface area contributed by atoms with Gasteiger partial charge in [-0.1, -0.05) is 18.2 Å². The van der Waals surface area contributed by atoms with Gasteiger partial charge < -0.3 is 4.42 Å². The lowest BCUT2D eigenvalue weighted by Gasteiger charge is -2.15. The highest BCUT2D eigenvalue weighted by Crippen LogP contribution is 2.30. The minimum Gasteiger partial charge on any atom is -0.464 e. The zero-order valence-electron chi connectivity index (χ0n) is 10.4. The van der Waals surface area contributed by atoms with Crippen molar-refractivity contribution in [2.24, 2.45) is 5.84 Å². The molecular formula is C15H12F2N2O. The van der Waals surface area contributed by atoms with E-state index in [2.05, 4.69) is 5.43 Å². The molecule has 3 rings (SSSR count). The first-order valence-electron chi connectivity index (χ1n) is 6.07. The van der Waals surface area contributed by atoms with Crippen molar-refractivity contribution >= 4 is 11.0 Å². The number of hydrogen-bond donors (Lipinski definition) is 2. The van der Waals surface area contributed by atoms with Crippen LogP contribution in [0.1, 0.15) is 17.2 Å². The predicted molar refractivity (Wildman–Crippen MR) is 71.7 cm³/mol. The average Bonchev–Trinajstić information content (AvgIpc) is 2.83. The molecule has 2 aromatic carbocycles. The maximum Gasteiger partial charge on any atom is 0.134 e. The van der Waals surface area contributed by atoms with Gasteiger partial charge in [-0.2, -0.15) is 0 Å². The summed E-state index contributed by atoms with van der Waals surface area (Å²) in [4.78, 5) is 0. The zero-order valence-corrected chi connectivity index (χ0v) is 10.4. The molecule has 5 heteroatoms. The highest BCUT2D eigenvalue weighted by Gasteiger charge is 2.19. The van der Waals surface area contributed by atoms with Crippen LogP contribution in [0.15, 0.2) is 53.1 Å². The number of hydrogen-bond acceptors (Lipinski definition) is 3. The van der Waals surface area contributed by atoms with Crippen molar-refractivity contribution in [3.63, 3.8) is 0 Å². The number of para-hydroxylation sites is 1. The third-order valence-corrected chi connectivity index (χ3v) is 3.21. The lowest BCUT2D eigenvalue weighted by atomic mass is 9.98. The standard InChI is InChI=1S/C15H12F2N2O/c16-10-5-9(6-11(17)7-10)15(19-18)13-8-20-14-4-2-1-3-12(13)14/h1-8,15,19H,18H2. The molecule has 1 atom stereocenters. The van der Waals surface area contributed by atoms with Gasteiger partial charge in [-0.25, -0.2) is 14.2 Å². The summed E-state index contributed by atoms with van der Waals surface area (Å²) >= 11 is 0. The van der Waals surface area contributed by atoms with Crippen LogP contribution in [0.25, 0.3) is 11.0 Å². The summed E-state index contributed by atoms with van der Waals surface area (Å²) < 4.78 is 32.1. The SMILES string of the molecule is NNC(c1cc(F)cc(F)c1)c1coc2ccccc12. The van der Waals surface area contributed by atoms with Gasteiger partial charge in [0.05, 0.1) is 12.3 Å². The number of rotatable bonds is 3. The van der Waals surface area contributed by atoms with Crippen molar-refractivity contribution in [3.8, 4) is 0 Å². The molecule has 0 saturated carbocycles. The third-order valence-electron chi connectivity index (χ3n) is 3.21. The molecule has 0 saturated heterocycles. The molecule has 0 radical (unpaired) electrons. The first-order chi connectivity index (χ1) is 9.69. The van der Waals surface area contributed by atoms with Gasteiger partial charge in [-0.05, 0) is 23.8 Å². The first kappa shape index (κ1) is 12.8. The number of benzene rings is 2. The van der Waals surface area contributed by atoms with Crippen LogP contribution in [0.4, 0.5) is 8.78 Å². The Morgan fingerprint density at radius 3 is 2.45 bits per heavy atom. The van der Waals surface area contributed by atoms with Crippen LogP contribution in [0.2, 0.25) is 0 Å². The van der Waals surface area contributed by atoms with E-state index in [0.29, 0.717) is 11.1 Å². The molecule has 1 aromatic heterocycles. The number of furan rings is 1. The number of nitrogens with two attached hydrogens (primary N) is 1. The molecule has 0 aliphatic rings. The van der Waals surface area contributed by atoms with Crippen molar-refractivity contribution in [3.05, 3.63) is 71.5 Å². The summed E-state index contributed by atoms with van der Waals surface area (Å²) in [5.74, 6) is 4.26. The molecule has 0 fully saturated rings. The quantitative estimate of drug-likeness (QED) is 0.569. The number of nitrogens with one attached hydrogen (secondary N) is 1. The van der Waals surface area contributed by atoms with Crippen LogP contribution >= 0.6 is 0 Å². The van der Waals surface area contributed by atoms with E-state index >= 15 is 0 Å². The maximum atomic E-state index is 13.3. The van der Waals surface area contributed by atoms with Crippen molar-refractivity contribution in [2.75, 3.05) is 0 Å². The van der Waals surface area contributed by atoms with E-state index in [9.17, 15) is 8.78 Å². The van der Waals surface area contributed by atoms with Gasteiger partial charge in [0.15, 0.2) is 0 Å². The Labute approximate surface area is 114 Å². The largest absolute Gasteiger partial charge is 0.464 e. The molecule has 0 amide bonds. The second kappa shape index (κ2) is 5.03. The highest BCUT2D eigenvalue weighted by molar-refractivity contribution is 5.81. The normalized spacial score (nSPS) is 12.8. The molecule has 0 aliphatic carbocycles.